The van der Waals surface area contributed by atoms with Gasteiger partial charge in [-0.15, -0.1) is 0 Å². The summed E-state index contributed by atoms with van der Waals surface area (Å²) in [7, 11) is 1.87. The molecule has 27 heavy (non-hydrogen) atoms. The van der Waals surface area contributed by atoms with Crippen molar-refractivity contribution in [1.82, 2.24) is 34.9 Å². The van der Waals surface area contributed by atoms with E-state index in [9.17, 15) is 0 Å². The average Bonchev–Trinajstić information content (AvgIpc) is 3.30. The molecule has 0 aliphatic carbocycles. The Labute approximate surface area is 155 Å². The van der Waals surface area contributed by atoms with Crippen LogP contribution in [-0.4, -0.2) is 34.9 Å². The van der Waals surface area contributed by atoms with Gasteiger partial charge >= 0.3 is 0 Å². The molecule has 0 fully saturated rings. The first-order valence-electron chi connectivity index (χ1n) is 8.73. The van der Waals surface area contributed by atoms with Gasteiger partial charge in [-0.3, -0.25) is 9.67 Å². The molecule has 4 aromatic heterocycles. The molecule has 1 atom stereocenters. The van der Waals surface area contributed by atoms with Crippen molar-refractivity contribution in [2.75, 3.05) is 5.32 Å². The van der Waals surface area contributed by atoms with Crippen molar-refractivity contribution in [3.05, 3.63) is 42.4 Å². The van der Waals surface area contributed by atoms with Crippen molar-refractivity contribution in [3.8, 4) is 11.4 Å². The Morgan fingerprint density at radius 2 is 1.96 bits per heavy atom. The van der Waals surface area contributed by atoms with E-state index in [1.165, 1.54) is 0 Å². The van der Waals surface area contributed by atoms with E-state index in [1.54, 1.807) is 23.3 Å². The van der Waals surface area contributed by atoms with Gasteiger partial charge in [-0.1, -0.05) is 19.0 Å². The Bertz CT molecular complexity index is 1070. The molecule has 0 aliphatic rings. The largest absolute Gasteiger partial charge is 0.358 e. The van der Waals surface area contributed by atoms with E-state index < -0.39 is 0 Å². The van der Waals surface area contributed by atoms with Crippen molar-refractivity contribution in [1.29, 1.82) is 0 Å². The zero-order valence-corrected chi connectivity index (χ0v) is 15.6. The number of aryl methyl sites for hydroxylation is 1. The van der Waals surface area contributed by atoms with Crippen LogP contribution >= 0.6 is 0 Å². The van der Waals surface area contributed by atoms with Gasteiger partial charge in [-0.25, -0.2) is 9.97 Å². The summed E-state index contributed by atoms with van der Waals surface area (Å²) in [5.41, 5.74) is 1.59. The molecular formula is C18H20N8O. The van der Waals surface area contributed by atoms with Crippen LogP contribution in [0.5, 0.6) is 0 Å². The fourth-order valence-electron chi connectivity index (χ4n) is 2.70. The SMILES string of the molecule is CC(C)c1nc(NC(C)c2nc(-c3cccnc3)no2)c2cnn(C)c2n1. The van der Waals surface area contributed by atoms with E-state index in [-0.39, 0.29) is 12.0 Å². The smallest absolute Gasteiger partial charge is 0.249 e. The Hall–Kier alpha value is -3.36. The van der Waals surface area contributed by atoms with E-state index in [1.807, 2.05) is 26.1 Å². The highest BCUT2D eigenvalue weighted by atomic mass is 16.5. The van der Waals surface area contributed by atoms with Gasteiger partial charge in [-0.05, 0) is 19.1 Å². The van der Waals surface area contributed by atoms with Gasteiger partial charge in [0.1, 0.15) is 17.7 Å². The second kappa shape index (κ2) is 6.75. The predicted molar refractivity (Wildman–Crippen MR) is 100.0 cm³/mol. The second-order valence-electron chi connectivity index (χ2n) is 6.65. The molecule has 0 saturated carbocycles. The molecule has 4 heterocycles. The summed E-state index contributed by atoms with van der Waals surface area (Å²) < 4.78 is 7.17. The maximum Gasteiger partial charge on any atom is 0.249 e. The van der Waals surface area contributed by atoms with E-state index in [4.69, 9.17) is 4.52 Å². The fraction of sp³-hybridized carbons (Fsp3) is 0.333. The van der Waals surface area contributed by atoms with Crippen LogP contribution in [-0.2, 0) is 7.05 Å². The minimum Gasteiger partial charge on any atom is -0.358 e. The summed E-state index contributed by atoms with van der Waals surface area (Å²) in [4.78, 5) is 17.8. The topological polar surface area (TPSA) is 107 Å². The number of nitrogens with one attached hydrogen (secondary N) is 1. The molecular weight excluding hydrogens is 344 g/mol. The van der Waals surface area contributed by atoms with E-state index in [0.29, 0.717) is 17.5 Å². The Balaban J connectivity index is 1.65. The third kappa shape index (κ3) is 3.23. The van der Waals surface area contributed by atoms with E-state index >= 15 is 0 Å². The summed E-state index contributed by atoms with van der Waals surface area (Å²) in [6, 6.07) is 3.49. The Morgan fingerprint density at radius 3 is 2.70 bits per heavy atom. The summed E-state index contributed by atoms with van der Waals surface area (Å²) in [5.74, 6) is 2.62. The molecule has 0 amide bonds. The summed E-state index contributed by atoms with van der Waals surface area (Å²) in [5, 5.41) is 12.5. The van der Waals surface area contributed by atoms with Crippen LogP contribution < -0.4 is 5.32 Å². The lowest BCUT2D eigenvalue weighted by atomic mass is 10.2. The molecule has 0 bridgehead atoms. The first-order chi connectivity index (χ1) is 13.0. The minimum atomic E-state index is -0.235. The average molecular weight is 364 g/mol. The van der Waals surface area contributed by atoms with Crippen LogP contribution in [0.25, 0.3) is 22.4 Å². The molecule has 0 radical (unpaired) electrons. The molecule has 138 valence electrons. The first kappa shape index (κ1) is 17.1. The molecule has 4 aromatic rings. The Morgan fingerprint density at radius 1 is 1.11 bits per heavy atom. The highest BCUT2D eigenvalue weighted by Crippen LogP contribution is 2.26. The zero-order valence-electron chi connectivity index (χ0n) is 15.6. The van der Waals surface area contributed by atoms with Crippen molar-refractivity contribution in [2.24, 2.45) is 7.05 Å². The number of hydrogen-bond donors (Lipinski definition) is 1. The maximum atomic E-state index is 5.43. The molecule has 0 saturated heterocycles. The van der Waals surface area contributed by atoms with Crippen molar-refractivity contribution in [3.63, 3.8) is 0 Å². The normalized spacial score (nSPS) is 12.6. The van der Waals surface area contributed by atoms with Gasteiger partial charge in [0.05, 0.1) is 11.6 Å². The molecule has 9 nitrogen and oxygen atoms in total. The first-order valence-corrected chi connectivity index (χ1v) is 8.73. The standard InChI is InChI=1S/C18H20N8O/c1-10(2)14-22-16(13-9-20-26(4)17(13)23-14)21-11(3)18-24-15(25-27-18)12-6-5-7-19-8-12/h5-11H,1-4H3,(H,21,22,23). The minimum absolute atomic E-state index is 0.195. The second-order valence-corrected chi connectivity index (χ2v) is 6.65. The molecule has 4 rings (SSSR count). The van der Waals surface area contributed by atoms with Gasteiger partial charge in [0.15, 0.2) is 5.65 Å². The molecule has 0 spiro atoms. The summed E-state index contributed by atoms with van der Waals surface area (Å²) in [6.07, 6.45) is 5.16. The number of hydrogen-bond acceptors (Lipinski definition) is 8. The predicted octanol–water partition coefficient (Wildman–Crippen LogP) is 3.10. The monoisotopic (exact) mass is 364 g/mol. The quantitative estimate of drug-likeness (QED) is 0.575. The lowest BCUT2D eigenvalue weighted by Gasteiger charge is -2.13. The Kier molecular flexibility index (Phi) is 4.27. The van der Waals surface area contributed by atoms with E-state index in [2.05, 4.69) is 49.4 Å². The van der Waals surface area contributed by atoms with Crippen LogP contribution in [0.15, 0.2) is 35.2 Å². The highest BCUT2D eigenvalue weighted by Gasteiger charge is 2.19. The third-order valence-electron chi connectivity index (χ3n) is 4.21. The zero-order chi connectivity index (χ0) is 19.0. The third-order valence-corrected chi connectivity index (χ3v) is 4.21. The number of nitrogens with zero attached hydrogens (tertiary/aromatic N) is 7. The number of rotatable bonds is 5. The van der Waals surface area contributed by atoms with Crippen LogP contribution in [0.4, 0.5) is 5.82 Å². The molecule has 9 heteroatoms. The van der Waals surface area contributed by atoms with Gasteiger partial charge in [0.2, 0.25) is 11.7 Å². The summed E-state index contributed by atoms with van der Waals surface area (Å²) in [6.45, 7) is 6.06. The van der Waals surface area contributed by atoms with Crippen molar-refractivity contribution >= 4 is 16.9 Å². The molecule has 1 unspecified atom stereocenters. The van der Waals surface area contributed by atoms with Gasteiger partial charge in [0, 0.05) is 30.9 Å². The highest BCUT2D eigenvalue weighted by molar-refractivity contribution is 5.86. The lowest BCUT2D eigenvalue weighted by molar-refractivity contribution is 0.367. The van der Waals surface area contributed by atoms with Crippen LogP contribution in [0, 0.1) is 0 Å². The van der Waals surface area contributed by atoms with Crippen LogP contribution in [0.2, 0.25) is 0 Å². The molecule has 0 aliphatic heterocycles. The van der Waals surface area contributed by atoms with Crippen LogP contribution in [0.1, 0.15) is 44.4 Å². The van der Waals surface area contributed by atoms with Gasteiger partial charge in [0.25, 0.3) is 0 Å². The van der Waals surface area contributed by atoms with Crippen LogP contribution in [0.3, 0.4) is 0 Å². The number of anilines is 1. The fourth-order valence-corrected chi connectivity index (χ4v) is 2.70. The van der Waals surface area contributed by atoms with Crippen molar-refractivity contribution in [2.45, 2.75) is 32.7 Å². The van der Waals surface area contributed by atoms with Gasteiger partial charge < -0.3 is 9.84 Å². The number of aromatic nitrogens is 7. The number of fused-ring (bicyclic) bond motifs is 1. The van der Waals surface area contributed by atoms with E-state index in [0.717, 1.165) is 22.4 Å². The maximum absolute atomic E-state index is 5.43. The molecule has 1 N–H and O–H groups in total. The summed E-state index contributed by atoms with van der Waals surface area (Å²) >= 11 is 0. The lowest BCUT2D eigenvalue weighted by Crippen LogP contribution is -2.11. The molecule has 0 aromatic carbocycles. The van der Waals surface area contributed by atoms with Gasteiger partial charge in [-0.2, -0.15) is 10.1 Å². The number of pyridine rings is 1. The van der Waals surface area contributed by atoms with Crippen molar-refractivity contribution < 1.29 is 4.52 Å².